The smallest absolute Gasteiger partial charge is 0.320 e. The van der Waals surface area contributed by atoms with Gasteiger partial charge in [-0.05, 0) is 26.3 Å². The molecule has 0 heterocycles. The molecule has 0 saturated heterocycles. The second kappa shape index (κ2) is 6.28. The molecular weight excluding hydrogens is 202 g/mol. The Kier molecular flexibility index (Phi) is 4.99. The van der Waals surface area contributed by atoms with Gasteiger partial charge in [0.2, 0.25) is 0 Å². The van der Waals surface area contributed by atoms with E-state index in [-0.39, 0.29) is 18.6 Å². The SMILES string of the molecule is Cc1ccc(CNCC(=O)OC(C)C)cc1. The van der Waals surface area contributed by atoms with Gasteiger partial charge in [-0.25, -0.2) is 0 Å². The van der Waals surface area contributed by atoms with E-state index < -0.39 is 0 Å². The molecule has 0 bridgehead atoms. The lowest BCUT2D eigenvalue weighted by atomic mass is 10.1. The molecule has 1 N–H and O–H groups in total. The summed E-state index contributed by atoms with van der Waals surface area (Å²) in [6.45, 7) is 6.69. The molecule has 0 aliphatic heterocycles. The highest BCUT2D eigenvalue weighted by Gasteiger charge is 2.04. The minimum absolute atomic E-state index is 0.0475. The second-order valence-corrected chi connectivity index (χ2v) is 4.13. The first-order valence-electron chi connectivity index (χ1n) is 5.53. The Morgan fingerprint density at radius 2 is 1.94 bits per heavy atom. The topological polar surface area (TPSA) is 38.3 Å². The summed E-state index contributed by atoms with van der Waals surface area (Å²) in [5.74, 6) is -0.206. The highest BCUT2D eigenvalue weighted by molar-refractivity contribution is 5.71. The van der Waals surface area contributed by atoms with Crippen LogP contribution in [0.15, 0.2) is 24.3 Å². The van der Waals surface area contributed by atoms with Gasteiger partial charge in [0.25, 0.3) is 0 Å². The summed E-state index contributed by atoms with van der Waals surface area (Å²) in [5, 5.41) is 3.05. The molecule has 88 valence electrons. The number of nitrogens with one attached hydrogen (secondary N) is 1. The predicted molar refractivity (Wildman–Crippen MR) is 64.1 cm³/mol. The van der Waals surface area contributed by atoms with E-state index in [0.29, 0.717) is 6.54 Å². The van der Waals surface area contributed by atoms with Crippen LogP contribution < -0.4 is 5.32 Å². The van der Waals surface area contributed by atoms with E-state index in [1.165, 1.54) is 11.1 Å². The number of hydrogen-bond donors (Lipinski definition) is 1. The van der Waals surface area contributed by atoms with Crippen LogP contribution in [0.5, 0.6) is 0 Å². The Morgan fingerprint density at radius 1 is 1.31 bits per heavy atom. The third-order valence-corrected chi connectivity index (χ3v) is 2.09. The van der Waals surface area contributed by atoms with Gasteiger partial charge in [0.1, 0.15) is 0 Å². The lowest BCUT2D eigenvalue weighted by Crippen LogP contribution is -2.26. The van der Waals surface area contributed by atoms with Gasteiger partial charge in [0.15, 0.2) is 0 Å². The molecule has 0 saturated carbocycles. The van der Waals surface area contributed by atoms with Crippen molar-refractivity contribution in [3.8, 4) is 0 Å². The first-order valence-corrected chi connectivity index (χ1v) is 5.53. The van der Waals surface area contributed by atoms with Crippen LogP contribution in [0.25, 0.3) is 0 Å². The van der Waals surface area contributed by atoms with Crippen molar-refractivity contribution in [1.29, 1.82) is 0 Å². The molecule has 3 nitrogen and oxygen atoms in total. The quantitative estimate of drug-likeness (QED) is 0.773. The number of esters is 1. The number of carbonyl (C=O) groups is 1. The number of carbonyl (C=O) groups excluding carboxylic acids is 1. The normalized spacial score (nSPS) is 10.5. The van der Waals surface area contributed by atoms with Crippen molar-refractivity contribution < 1.29 is 9.53 Å². The summed E-state index contributed by atoms with van der Waals surface area (Å²) < 4.78 is 5.01. The minimum Gasteiger partial charge on any atom is -0.462 e. The van der Waals surface area contributed by atoms with E-state index in [2.05, 4.69) is 36.5 Å². The Bertz CT molecular complexity index is 330. The van der Waals surface area contributed by atoms with E-state index >= 15 is 0 Å². The molecule has 0 unspecified atom stereocenters. The van der Waals surface area contributed by atoms with Gasteiger partial charge in [-0.15, -0.1) is 0 Å². The lowest BCUT2D eigenvalue weighted by molar-refractivity contribution is -0.146. The number of aryl methyl sites for hydroxylation is 1. The molecular formula is C13H19NO2. The molecule has 0 atom stereocenters. The second-order valence-electron chi connectivity index (χ2n) is 4.13. The van der Waals surface area contributed by atoms with Crippen molar-refractivity contribution in [3.05, 3.63) is 35.4 Å². The summed E-state index contributed by atoms with van der Waals surface area (Å²) in [5.41, 5.74) is 2.41. The highest BCUT2D eigenvalue weighted by Crippen LogP contribution is 2.02. The highest BCUT2D eigenvalue weighted by atomic mass is 16.5. The summed E-state index contributed by atoms with van der Waals surface area (Å²) in [4.78, 5) is 11.2. The molecule has 0 aliphatic carbocycles. The maximum atomic E-state index is 11.2. The zero-order chi connectivity index (χ0) is 12.0. The number of hydrogen-bond acceptors (Lipinski definition) is 3. The third kappa shape index (κ3) is 4.94. The van der Waals surface area contributed by atoms with E-state index in [1.807, 2.05) is 13.8 Å². The molecule has 16 heavy (non-hydrogen) atoms. The molecule has 0 aliphatic rings. The Hall–Kier alpha value is -1.35. The third-order valence-electron chi connectivity index (χ3n) is 2.09. The van der Waals surface area contributed by atoms with Gasteiger partial charge < -0.3 is 10.1 Å². The number of ether oxygens (including phenoxy) is 1. The van der Waals surface area contributed by atoms with Crippen molar-refractivity contribution in [1.82, 2.24) is 5.32 Å². The number of benzene rings is 1. The van der Waals surface area contributed by atoms with Gasteiger partial charge >= 0.3 is 5.97 Å². The minimum atomic E-state index is -0.206. The Labute approximate surface area is 96.8 Å². The van der Waals surface area contributed by atoms with Crippen molar-refractivity contribution in [2.24, 2.45) is 0 Å². The Balaban J connectivity index is 2.25. The largest absolute Gasteiger partial charge is 0.462 e. The van der Waals surface area contributed by atoms with Crippen molar-refractivity contribution in [3.63, 3.8) is 0 Å². The van der Waals surface area contributed by atoms with E-state index in [1.54, 1.807) is 0 Å². The summed E-state index contributed by atoms with van der Waals surface area (Å²) >= 11 is 0. The van der Waals surface area contributed by atoms with Crippen LogP contribution in [0.2, 0.25) is 0 Å². The van der Waals surface area contributed by atoms with Gasteiger partial charge in [-0.1, -0.05) is 29.8 Å². The predicted octanol–water partition coefficient (Wildman–Crippen LogP) is 2.04. The lowest BCUT2D eigenvalue weighted by Gasteiger charge is -2.08. The van der Waals surface area contributed by atoms with Crippen LogP contribution in [0.3, 0.4) is 0 Å². The van der Waals surface area contributed by atoms with Crippen LogP contribution in [0, 0.1) is 6.92 Å². The standard InChI is InChI=1S/C13H19NO2/c1-10(2)16-13(15)9-14-8-12-6-4-11(3)5-7-12/h4-7,10,14H,8-9H2,1-3H3. The summed E-state index contributed by atoms with van der Waals surface area (Å²) in [6.07, 6.45) is -0.0475. The van der Waals surface area contributed by atoms with E-state index in [0.717, 1.165) is 0 Å². The monoisotopic (exact) mass is 221 g/mol. The van der Waals surface area contributed by atoms with Gasteiger partial charge in [-0.3, -0.25) is 4.79 Å². The molecule has 0 spiro atoms. The first-order chi connectivity index (χ1) is 7.58. The maximum Gasteiger partial charge on any atom is 0.320 e. The zero-order valence-electron chi connectivity index (χ0n) is 10.1. The Morgan fingerprint density at radius 3 is 2.50 bits per heavy atom. The summed E-state index contributed by atoms with van der Waals surface area (Å²) in [7, 11) is 0. The fraction of sp³-hybridized carbons (Fsp3) is 0.462. The van der Waals surface area contributed by atoms with Crippen LogP contribution in [0.1, 0.15) is 25.0 Å². The van der Waals surface area contributed by atoms with Crippen LogP contribution in [-0.4, -0.2) is 18.6 Å². The maximum absolute atomic E-state index is 11.2. The molecule has 0 aromatic heterocycles. The fourth-order valence-corrected chi connectivity index (χ4v) is 1.32. The molecule has 1 rings (SSSR count). The first kappa shape index (κ1) is 12.7. The molecule has 1 aromatic carbocycles. The van der Waals surface area contributed by atoms with Crippen molar-refractivity contribution >= 4 is 5.97 Å². The molecule has 3 heteroatoms. The zero-order valence-corrected chi connectivity index (χ0v) is 10.1. The fourth-order valence-electron chi connectivity index (χ4n) is 1.32. The molecule has 1 aromatic rings. The van der Waals surface area contributed by atoms with Gasteiger partial charge in [-0.2, -0.15) is 0 Å². The molecule has 0 fully saturated rings. The van der Waals surface area contributed by atoms with Gasteiger partial charge in [0, 0.05) is 6.54 Å². The van der Waals surface area contributed by atoms with Crippen LogP contribution in [0.4, 0.5) is 0 Å². The van der Waals surface area contributed by atoms with Crippen molar-refractivity contribution in [2.75, 3.05) is 6.54 Å². The van der Waals surface area contributed by atoms with E-state index in [4.69, 9.17) is 4.74 Å². The average molecular weight is 221 g/mol. The van der Waals surface area contributed by atoms with Crippen molar-refractivity contribution in [2.45, 2.75) is 33.4 Å². The number of rotatable bonds is 5. The van der Waals surface area contributed by atoms with E-state index in [9.17, 15) is 4.79 Å². The average Bonchev–Trinajstić information content (AvgIpc) is 2.20. The van der Waals surface area contributed by atoms with Gasteiger partial charge in [0.05, 0.1) is 12.6 Å². The van der Waals surface area contributed by atoms with Crippen LogP contribution >= 0.6 is 0 Å². The molecule has 0 radical (unpaired) electrons. The summed E-state index contributed by atoms with van der Waals surface area (Å²) in [6, 6.07) is 8.22. The molecule has 0 amide bonds. The van der Waals surface area contributed by atoms with Crippen LogP contribution in [-0.2, 0) is 16.1 Å².